The van der Waals surface area contributed by atoms with Crippen LogP contribution in [-0.2, 0) is 16.1 Å². The lowest BCUT2D eigenvalue weighted by Crippen LogP contribution is -2.34. The van der Waals surface area contributed by atoms with Crippen molar-refractivity contribution in [3.05, 3.63) is 36.0 Å². The number of hydrogen-bond donors (Lipinski definition) is 0. The number of aromatic nitrogens is 3. The highest BCUT2D eigenvalue weighted by Gasteiger charge is 2.38. The molecule has 1 unspecified atom stereocenters. The van der Waals surface area contributed by atoms with Crippen molar-refractivity contribution in [3.63, 3.8) is 0 Å². The monoisotopic (exact) mass is 371 g/mol. The van der Waals surface area contributed by atoms with Gasteiger partial charge in [-0.25, -0.2) is 4.98 Å². The van der Waals surface area contributed by atoms with E-state index < -0.39 is 5.92 Å². The second-order valence-electron chi connectivity index (χ2n) is 6.41. The van der Waals surface area contributed by atoms with Crippen LogP contribution in [0.3, 0.4) is 0 Å². The van der Waals surface area contributed by atoms with Crippen LogP contribution >= 0.6 is 11.3 Å². The summed E-state index contributed by atoms with van der Waals surface area (Å²) in [4.78, 5) is 36.7. The van der Waals surface area contributed by atoms with Crippen molar-refractivity contribution >= 4 is 38.5 Å². The van der Waals surface area contributed by atoms with Crippen molar-refractivity contribution in [1.29, 1.82) is 0 Å². The topological polar surface area (TPSA) is 92.4 Å². The van der Waals surface area contributed by atoms with Crippen LogP contribution < -0.4 is 4.90 Å². The molecule has 1 fully saturated rings. The van der Waals surface area contributed by atoms with Gasteiger partial charge in [0, 0.05) is 20.0 Å². The second-order valence-corrected chi connectivity index (χ2v) is 7.42. The van der Waals surface area contributed by atoms with E-state index in [0.29, 0.717) is 17.5 Å². The van der Waals surface area contributed by atoms with Crippen LogP contribution in [0, 0.1) is 12.8 Å². The average Bonchev–Trinajstić information content (AvgIpc) is 3.33. The van der Waals surface area contributed by atoms with Crippen molar-refractivity contribution in [2.24, 2.45) is 5.92 Å². The molecule has 3 heterocycles. The van der Waals surface area contributed by atoms with Crippen LogP contribution in [0.5, 0.6) is 0 Å². The standard InChI is InChI=1S/C17H17N5O3S/c1-10-3-4-12-13(5-10)26-17(19-12)22-7-11(6-15(22)23)16(24)21(2)8-14-18-9-25-20-14/h3-5,9,11H,6-8H2,1-2H3. The summed E-state index contributed by atoms with van der Waals surface area (Å²) in [6, 6.07) is 6.00. The third-order valence-electron chi connectivity index (χ3n) is 4.40. The Balaban J connectivity index is 1.49. The van der Waals surface area contributed by atoms with Gasteiger partial charge in [0.25, 0.3) is 0 Å². The van der Waals surface area contributed by atoms with Crippen LogP contribution in [0.25, 0.3) is 10.2 Å². The molecule has 1 saturated heterocycles. The van der Waals surface area contributed by atoms with Gasteiger partial charge < -0.3 is 9.42 Å². The number of rotatable bonds is 4. The number of anilines is 1. The van der Waals surface area contributed by atoms with E-state index in [4.69, 9.17) is 0 Å². The van der Waals surface area contributed by atoms with Crippen LogP contribution in [0.4, 0.5) is 5.13 Å². The Morgan fingerprint density at radius 2 is 2.31 bits per heavy atom. The second kappa shape index (κ2) is 6.49. The van der Waals surface area contributed by atoms with Gasteiger partial charge in [0.2, 0.25) is 18.2 Å². The third-order valence-corrected chi connectivity index (χ3v) is 5.44. The predicted octanol–water partition coefficient (Wildman–Crippen LogP) is 2.00. The number of carbonyl (C=O) groups excluding carboxylic acids is 2. The van der Waals surface area contributed by atoms with Crippen LogP contribution in [-0.4, -0.2) is 45.4 Å². The fraction of sp³-hybridized carbons (Fsp3) is 0.353. The maximum Gasteiger partial charge on any atom is 0.229 e. The summed E-state index contributed by atoms with van der Waals surface area (Å²) in [6.07, 6.45) is 1.41. The largest absolute Gasteiger partial charge is 0.343 e. The normalized spacial score (nSPS) is 17.2. The summed E-state index contributed by atoms with van der Waals surface area (Å²) in [6.45, 7) is 2.61. The van der Waals surface area contributed by atoms with Crippen LogP contribution in [0.2, 0.25) is 0 Å². The molecule has 0 spiro atoms. The molecule has 1 aliphatic heterocycles. The summed E-state index contributed by atoms with van der Waals surface area (Å²) in [5.41, 5.74) is 2.02. The van der Waals surface area contributed by atoms with Gasteiger partial charge >= 0.3 is 0 Å². The van der Waals surface area contributed by atoms with E-state index in [1.54, 1.807) is 11.9 Å². The fourth-order valence-electron chi connectivity index (χ4n) is 3.06. The zero-order chi connectivity index (χ0) is 18.3. The molecule has 0 saturated carbocycles. The molecule has 9 heteroatoms. The van der Waals surface area contributed by atoms with Crippen LogP contribution in [0.15, 0.2) is 29.1 Å². The van der Waals surface area contributed by atoms with Crippen LogP contribution in [0.1, 0.15) is 17.8 Å². The molecule has 134 valence electrons. The van der Waals surface area contributed by atoms with Gasteiger partial charge in [-0.3, -0.25) is 14.5 Å². The van der Waals surface area contributed by atoms with Gasteiger partial charge in [-0.2, -0.15) is 4.98 Å². The molecule has 8 nitrogen and oxygen atoms in total. The van der Waals surface area contributed by atoms with Gasteiger partial charge in [-0.1, -0.05) is 22.6 Å². The highest BCUT2D eigenvalue weighted by atomic mass is 32.1. The van der Waals surface area contributed by atoms with E-state index in [-0.39, 0.29) is 24.8 Å². The smallest absolute Gasteiger partial charge is 0.229 e. The average molecular weight is 371 g/mol. The molecule has 2 amide bonds. The highest BCUT2D eigenvalue weighted by Crippen LogP contribution is 2.33. The zero-order valence-corrected chi connectivity index (χ0v) is 15.2. The Labute approximate surface area is 153 Å². The minimum atomic E-state index is -0.395. The first-order valence-corrected chi connectivity index (χ1v) is 9.00. The lowest BCUT2D eigenvalue weighted by atomic mass is 10.1. The first-order valence-electron chi connectivity index (χ1n) is 8.19. The lowest BCUT2D eigenvalue weighted by molar-refractivity contribution is -0.135. The van der Waals surface area contributed by atoms with Gasteiger partial charge in [-0.15, -0.1) is 0 Å². The van der Waals surface area contributed by atoms with E-state index in [0.717, 1.165) is 15.8 Å². The maximum absolute atomic E-state index is 12.7. The number of aryl methyl sites for hydroxylation is 1. The molecular weight excluding hydrogens is 354 g/mol. The molecule has 1 atom stereocenters. The number of hydrogen-bond acceptors (Lipinski definition) is 7. The van der Waals surface area contributed by atoms with Crippen molar-refractivity contribution in [2.45, 2.75) is 19.9 Å². The number of thiazole rings is 1. The minimum Gasteiger partial charge on any atom is -0.343 e. The summed E-state index contributed by atoms with van der Waals surface area (Å²) in [5, 5.41) is 4.35. The molecule has 0 aliphatic carbocycles. The van der Waals surface area contributed by atoms with Gasteiger partial charge in [0.15, 0.2) is 11.0 Å². The Morgan fingerprint density at radius 3 is 3.08 bits per heavy atom. The number of carbonyl (C=O) groups is 2. The van der Waals surface area contributed by atoms with E-state index in [1.165, 1.54) is 22.6 Å². The van der Waals surface area contributed by atoms with E-state index in [2.05, 4.69) is 25.7 Å². The number of benzene rings is 1. The molecule has 0 bridgehead atoms. The molecular formula is C17H17N5O3S. The first kappa shape index (κ1) is 16.6. The molecule has 4 rings (SSSR count). The zero-order valence-electron chi connectivity index (χ0n) is 14.4. The van der Waals surface area contributed by atoms with Crippen molar-refractivity contribution in [1.82, 2.24) is 20.0 Å². The SMILES string of the molecule is Cc1ccc2nc(N3CC(C(=O)N(C)Cc4ncon4)CC3=O)sc2c1. The Kier molecular flexibility index (Phi) is 4.15. The summed E-state index contributed by atoms with van der Waals surface area (Å²) >= 11 is 1.48. The Morgan fingerprint density at radius 1 is 1.46 bits per heavy atom. The Hall–Kier alpha value is -2.81. The molecule has 3 aromatic rings. The minimum absolute atomic E-state index is 0.0768. The Bertz CT molecular complexity index is 968. The van der Waals surface area contributed by atoms with E-state index in [1.807, 2.05) is 19.1 Å². The molecule has 26 heavy (non-hydrogen) atoms. The summed E-state index contributed by atoms with van der Waals surface area (Å²) in [7, 11) is 1.67. The lowest BCUT2D eigenvalue weighted by Gasteiger charge is -2.19. The van der Waals surface area contributed by atoms with Gasteiger partial charge in [0.05, 0.1) is 22.7 Å². The number of fused-ring (bicyclic) bond motifs is 1. The number of nitrogens with zero attached hydrogens (tertiary/aromatic N) is 5. The van der Waals surface area contributed by atoms with Crippen molar-refractivity contribution in [2.75, 3.05) is 18.5 Å². The predicted molar refractivity (Wildman–Crippen MR) is 95.6 cm³/mol. The van der Waals surface area contributed by atoms with Crippen molar-refractivity contribution in [3.8, 4) is 0 Å². The molecule has 0 radical (unpaired) electrons. The highest BCUT2D eigenvalue weighted by molar-refractivity contribution is 7.22. The molecule has 2 aromatic heterocycles. The third kappa shape index (κ3) is 3.05. The molecule has 1 aromatic carbocycles. The quantitative estimate of drug-likeness (QED) is 0.696. The first-order chi connectivity index (χ1) is 12.5. The molecule has 0 N–H and O–H groups in total. The van der Waals surface area contributed by atoms with Gasteiger partial charge in [-0.05, 0) is 24.6 Å². The fourth-order valence-corrected chi connectivity index (χ4v) is 4.15. The molecule has 1 aliphatic rings. The van der Waals surface area contributed by atoms with E-state index >= 15 is 0 Å². The van der Waals surface area contributed by atoms with E-state index in [9.17, 15) is 9.59 Å². The van der Waals surface area contributed by atoms with Gasteiger partial charge in [0.1, 0.15) is 0 Å². The summed E-state index contributed by atoms with van der Waals surface area (Å²) in [5.74, 6) is -0.147. The number of amides is 2. The van der Waals surface area contributed by atoms with Crippen molar-refractivity contribution < 1.29 is 14.1 Å². The summed E-state index contributed by atoms with van der Waals surface area (Å²) < 4.78 is 5.72. The maximum atomic E-state index is 12.7.